The molecule has 0 unspecified atom stereocenters. The molecule has 2 nitrogen and oxygen atoms in total. The fraction of sp³-hybridized carbons (Fsp3) is 0.438. The molecule has 1 aliphatic carbocycles. The van der Waals surface area contributed by atoms with Gasteiger partial charge in [-0.1, -0.05) is 43.7 Å². The zero-order valence-corrected chi connectivity index (χ0v) is 11.0. The third-order valence-electron chi connectivity index (χ3n) is 3.47. The van der Waals surface area contributed by atoms with E-state index in [1.807, 2.05) is 0 Å². The molecule has 0 spiro atoms. The normalized spacial score (nSPS) is 16.1. The van der Waals surface area contributed by atoms with E-state index >= 15 is 0 Å². The zero-order valence-electron chi connectivity index (χ0n) is 11.0. The first-order chi connectivity index (χ1) is 8.56. The summed E-state index contributed by atoms with van der Waals surface area (Å²) in [7, 11) is 0. The molecule has 0 aliphatic heterocycles. The number of carboxylic acid groups (broad SMARTS) is 1. The third kappa shape index (κ3) is 3.46. The average Bonchev–Trinajstić information content (AvgIpc) is 3.12. The maximum Gasteiger partial charge on any atom is 0.328 e. The third-order valence-corrected chi connectivity index (χ3v) is 3.47. The van der Waals surface area contributed by atoms with Crippen LogP contribution in [0.25, 0.3) is 0 Å². The van der Waals surface area contributed by atoms with Crippen molar-refractivity contribution in [3.05, 3.63) is 47.0 Å². The summed E-state index contributed by atoms with van der Waals surface area (Å²) in [6.45, 7) is 4.35. The van der Waals surface area contributed by atoms with Crippen molar-refractivity contribution in [3.8, 4) is 0 Å². The van der Waals surface area contributed by atoms with Gasteiger partial charge in [0.25, 0.3) is 0 Å². The molecule has 2 rings (SSSR count). The minimum absolute atomic E-state index is 0.505. The Balaban J connectivity index is 2.09. The highest BCUT2D eigenvalue weighted by Gasteiger charge is 2.26. The quantitative estimate of drug-likeness (QED) is 0.800. The Morgan fingerprint density at radius 1 is 1.33 bits per heavy atom. The molecule has 0 heterocycles. The van der Waals surface area contributed by atoms with Gasteiger partial charge in [-0.3, -0.25) is 0 Å². The summed E-state index contributed by atoms with van der Waals surface area (Å²) < 4.78 is 0. The molecule has 2 heteroatoms. The van der Waals surface area contributed by atoms with Gasteiger partial charge in [-0.15, -0.1) is 0 Å². The fourth-order valence-electron chi connectivity index (χ4n) is 2.18. The molecule has 0 atom stereocenters. The van der Waals surface area contributed by atoms with Gasteiger partial charge < -0.3 is 5.11 Å². The smallest absolute Gasteiger partial charge is 0.328 e. The van der Waals surface area contributed by atoms with Gasteiger partial charge in [-0.05, 0) is 42.2 Å². The zero-order chi connectivity index (χ0) is 13.1. The predicted molar refractivity (Wildman–Crippen MR) is 72.7 cm³/mol. The van der Waals surface area contributed by atoms with Crippen LogP contribution in [0.3, 0.4) is 0 Å². The van der Waals surface area contributed by atoms with Gasteiger partial charge in [0.15, 0.2) is 0 Å². The lowest BCUT2D eigenvalue weighted by molar-refractivity contribution is -0.131. The molecule has 1 saturated carbocycles. The summed E-state index contributed by atoms with van der Waals surface area (Å²) in [5.41, 5.74) is 3.60. The van der Waals surface area contributed by atoms with Gasteiger partial charge in [0.1, 0.15) is 0 Å². The molecule has 1 aliphatic rings. The topological polar surface area (TPSA) is 37.3 Å². The maximum atomic E-state index is 10.8. The number of hydrogen-bond acceptors (Lipinski definition) is 1. The second kappa shape index (κ2) is 5.38. The summed E-state index contributed by atoms with van der Waals surface area (Å²) >= 11 is 0. The standard InChI is InChI=1S/C16H20O2/c1-11(2)13-5-3-12(4-6-13)9-15(10-16(17)18)14-7-8-14/h3-6,10-11,14H,7-9H2,1-2H3,(H,17,18)/b15-10-. The molecule has 1 aromatic rings. The summed E-state index contributed by atoms with van der Waals surface area (Å²) in [5.74, 6) is 0.220. The molecular formula is C16H20O2. The van der Waals surface area contributed by atoms with Crippen molar-refractivity contribution >= 4 is 5.97 Å². The molecule has 0 radical (unpaired) electrons. The Morgan fingerprint density at radius 3 is 2.39 bits per heavy atom. The summed E-state index contributed by atoms with van der Waals surface area (Å²) in [6.07, 6.45) is 4.45. The first kappa shape index (κ1) is 12.9. The Hall–Kier alpha value is -1.57. The van der Waals surface area contributed by atoms with Gasteiger partial charge >= 0.3 is 5.97 Å². The minimum atomic E-state index is -0.823. The van der Waals surface area contributed by atoms with Crippen LogP contribution in [-0.2, 0) is 11.2 Å². The van der Waals surface area contributed by atoms with Crippen molar-refractivity contribution < 1.29 is 9.90 Å². The Labute approximate surface area is 108 Å². The van der Waals surface area contributed by atoms with Crippen molar-refractivity contribution in [3.63, 3.8) is 0 Å². The lowest BCUT2D eigenvalue weighted by Gasteiger charge is -2.08. The van der Waals surface area contributed by atoms with Crippen molar-refractivity contribution in [2.75, 3.05) is 0 Å². The Bertz CT molecular complexity index is 450. The lowest BCUT2D eigenvalue weighted by Crippen LogP contribution is -1.99. The van der Waals surface area contributed by atoms with Gasteiger partial charge in [0, 0.05) is 6.08 Å². The molecule has 18 heavy (non-hydrogen) atoms. The van der Waals surface area contributed by atoms with E-state index in [1.54, 1.807) is 0 Å². The largest absolute Gasteiger partial charge is 0.478 e. The number of benzene rings is 1. The van der Waals surface area contributed by atoms with E-state index in [0.29, 0.717) is 11.8 Å². The Kier molecular flexibility index (Phi) is 3.85. The van der Waals surface area contributed by atoms with E-state index in [0.717, 1.165) is 24.8 Å². The highest BCUT2D eigenvalue weighted by molar-refractivity contribution is 5.81. The summed E-state index contributed by atoms with van der Waals surface area (Å²) in [4.78, 5) is 10.8. The number of hydrogen-bond donors (Lipinski definition) is 1. The number of carboxylic acids is 1. The van der Waals surface area contributed by atoms with Crippen LogP contribution in [0.5, 0.6) is 0 Å². The van der Waals surface area contributed by atoms with Crippen LogP contribution in [0.2, 0.25) is 0 Å². The molecule has 1 aromatic carbocycles. The monoisotopic (exact) mass is 244 g/mol. The molecular weight excluding hydrogens is 224 g/mol. The van der Waals surface area contributed by atoms with E-state index in [9.17, 15) is 4.79 Å². The summed E-state index contributed by atoms with van der Waals surface area (Å²) in [6, 6.07) is 8.53. The van der Waals surface area contributed by atoms with E-state index < -0.39 is 5.97 Å². The van der Waals surface area contributed by atoms with Crippen LogP contribution in [0.1, 0.15) is 43.7 Å². The second-order valence-corrected chi connectivity index (χ2v) is 5.40. The SMILES string of the molecule is CC(C)c1ccc(C/C(=C/C(=O)O)C2CC2)cc1. The van der Waals surface area contributed by atoms with E-state index in [-0.39, 0.29) is 0 Å². The molecule has 96 valence electrons. The van der Waals surface area contributed by atoms with Crippen LogP contribution in [0.15, 0.2) is 35.9 Å². The number of carbonyl (C=O) groups is 1. The first-order valence-electron chi connectivity index (χ1n) is 6.58. The van der Waals surface area contributed by atoms with Crippen molar-refractivity contribution in [2.24, 2.45) is 5.92 Å². The van der Waals surface area contributed by atoms with Crippen LogP contribution >= 0.6 is 0 Å². The van der Waals surface area contributed by atoms with Gasteiger partial charge in [-0.25, -0.2) is 4.79 Å². The van der Waals surface area contributed by atoms with Crippen LogP contribution in [0.4, 0.5) is 0 Å². The van der Waals surface area contributed by atoms with Gasteiger partial charge in [-0.2, -0.15) is 0 Å². The fourth-order valence-corrected chi connectivity index (χ4v) is 2.18. The van der Waals surface area contributed by atoms with Crippen molar-refractivity contribution in [2.45, 2.75) is 39.0 Å². The maximum absolute atomic E-state index is 10.8. The number of aliphatic carboxylic acids is 1. The number of rotatable bonds is 5. The predicted octanol–water partition coefficient (Wildman–Crippen LogP) is 3.77. The van der Waals surface area contributed by atoms with Gasteiger partial charge in [0.05, 0.1) is 0 Å². The highest BCUT2D eigenvalue weighted by atomic mass is 16.4. The average molecular weight is 244 g/mol. The first-order valence-corrected chi connectivity index (χ1v) is 6.58. The number of allylic oxidation sites excluding steroid dienone is 1. The second-order valence-electron chi connectivity index (χ2n) is 5.40. The highest BCUT2D eigenvalue weighted by Crippen LogP contribution is 2.38. The molecule has 0 bridgehead atoms. The van der Waals surface area contributed by atoms with Crippen molar-refractivity contribution in [1.29, 1.82) is 0 Å². The minimum Gasteiger partial charge on any atom is -0.478 e. The molecule has 1 N–H and O–H groups in total. The van der Waals surface area contributed by atoms with E-state index in [4.69, 9.17) is 5.11 Å². The van der Waals surface area contributed by atoms with Gasteiger partial charge in [0.2, 0.25) is 0 Å². The van der Waals surface area contributed by atoms with Crippen LogP contribution < -0.4 is 0 Å². The lowest BCUT2D eigenvalue weighted by atomic mass is 9.97. The van der Waals surface area contributed by atoms with Crippen LogP contribution in [-0.4, -0.2) is 11.1 Å². The van der Waals surface area contributed by atoms with Crippen LogP contribution in [0, 0.1) is 5.92 Å². The summed E-state index contributed by atoms with van der Waals surface area (Å²) in [5, 5.41) is 8.88. The van der Waals surface area contributed by atoms with E-state index in [2.05, 4.69) is 38.1 Å². The molecule has 0 amide bonds. The Morgan fingerprint density at radius 2 is 1.94 bits per heavy atom. The molecule has 0 aromatic heterocycles. The molecule has 0 saturated heterocycles. The molecule has 1 fully saturated rings. The van der Waals surface area contributed by atoms with E-state index in [1.165, 1.54) is 17.2 Å². The van der Waals surface area contributed by atoms with Crippen molar-refractivity contribution in [1.82, 2.24) is 0 Å².